The van der Waals surface area contributed by atoms with Crippen molar-refractivity contribution < 1.29 is 9.46 Å². The van der Waals surface area contributed by atoms with Crippen molar-refractivity contribution in [2.24, 2.45) is 0 Å². The van der Waals surface area contributed by atoms with Gasteiger partial charge in [-0.2, -0.15) is 0 Å². The zero-order valence-corrected chi connectivity index (χ0v) is 9.45. The van der Waals surface area contributed by atoms with Crippen molar-refractivity contribution in [2.75, 3.05) is 31.4 Å². The molecular weight excluding hydrogens is 199 g/mol. The molecule has 0 saturated carbocycles. The zero-order chi connectivity index (χ0) is 10.9. The van der Waals surface area contributed by atoms with Gasteiger partial charge in [-0.3, -0.25) is 4.57 Å². The van der Waals surface area contributed by atoms with Crippen LogP contribution in [0.25, 0.3) is 0 Å². The molecule has 1 unspecified atom stereocenters. The van der Waals surface area contributed by atoms with Crippen LogP contribution >= 0.6 is 7.37 Å². The van der Waals surface area contributed by atoms with Gasteiger partial charge in [-0.15, -0.1) is 0 Å². The highest BCUT2D eigenvalue weighted by Crippen LogP contribution is 2.38. The van der Waals surface area contributed by atoms with Gasteiger partial charge in [0.25, 0.3) is 0 Å². The average molecular weight is 214 g/mol. The van der Waals surface area contributed by atoms with Crippen LogP contribution in [0.1, 0.15) is 0 Å². The molecule has 0 aromatic heterocycles. The Morgan fingerprint density at radius 1 is 1.43 bits per heavy atom. The molecular formula is C9H15N2O2P. The van der Waals surface area contributed by atoms with Crippen molar-refractivity contribution in [1.29, 1.82) is 0 Å². The van der Waals surface area contributed by atoms with Crippen LogP contribution in [-0.2, 0) is 4.57 Å². The third kappa shape index (κ3) is 2.28. The zero-order valence-electron chi connectivity index (χ0n) is 8.56. The Labute approximate surface area is 83.8 Å². The van der Waals surface area contributed by atoms with Gasteiger partial charge in [0, 0.05) is 26.4 Å². The predicted molar refractivity (Wildman–Crippen MR) is 60.6 cm³/mol. The smallest absolute Gasteiger partial charge is 0.228 e. The Morgan fingerprint density at radius 2 is 2.00 bits per heavy atom. The molecule has 1 rings (SSSR count). The maximum Gasteiger partial charge on any atom is 0.228 e. The van der Waals surface area contributed by atoms with E-state index in [2.05, 4.69) is 0 Å². The van der Waals surface area contributed by atoms with E-state index in [9.17, 15) is 9.46 Å². The van der Waals surface area contributed by atoms with Crippen LogP contribution in [0.3, 0.4) is 0 Å². The number of nitrogens with zero attached hydrogens (tertiary/aromatic N) is 1. The van der Waals surface area contributed by atoms with Gasteiger partial charge in [-0.05, 0) is 18.2 Å². The molecule has 0 radical (unpaired) electrons. The van der Waals surface area contributed by atoms with Crippen molar-refractivity contribution in [2.45, 2.75) is 0 Å². The van der Waals surface area contributed by atoms with Gasteiger partial charge in [-0.1, -0.05) is 0 Å². The second-order valence-electron chi connectivity index (χ2n) is 3.52. The first kappa shape index (κ1) is 11.1. The van der Waals surface area contributed by atoms with Crippen molar-refractivity contribution in [3.63, 3.8) is 0 Å². The van der Waals surface area contributed by atoms with E-state index in [-0.39, 0.29) is 0 Å². The molecule has 0 spiro atoms. The molecule has 1 atom stereocenters. The Morgan fingerprint density at radius 3 is 2.43 bits per heavy atom. The highest BCUT2D eigenvalue weighted by Gasteiger charge is 2.19. The highest BCUT2D eigenvalue weighted by molar-refractivity contribution is 7.65. The molecule has 1 aromatic carbocycles. The Bertz CT molecular complexity index is 384. The van der Waals surface area contributed by atoms with Gasteiger partial charge < -0.3 is 15.5 Å². The van der Waals surface area contributed by atoms with Crippen LogP contribution in [-0.4, -0.2) is 25.7 Å². The van der Waals surface area contributed by atoms with E-state index < -0.39 is 7.37 Å². The predicted octanol–water partition coefficient (Wildman–Crippen LogP) is 0.860. The Kier molecular flexibility index (Phi) is 2.88. The summed E-state index contributed by atoms with van der Waals surface area (Å²) in [5, 5.41) is 0.441. The fraction of sp³-hybridized carbons (Fsp3) is 0.333. The van der Waals surface area contributed by atoms with E-state index in [1.54, 1.807) is 23.1 Å². The summed E-state index contributed by atoms with van der Waals surface area (Å²) in [5.74, 6) is 0. The molecule has 0 amide bonds. The molecule has 0 aliphatic carbocycles. The molecule has 0 heterocycles. The number of benzene rings is 1. The van der Waals surface area contributed by atoms with E-state index in [1.165, 1.54) is 6.66 Å². The minimum atomic E-state index is -3.23. The first-order chi connectivity index (χ1) is 6.32. The monoisotopic (exact) mass is 214 g/mol. The van der Waals surface area contributed by atoms with Gasteiger partial charge in [0.15, 0.2) is 0 Å². The van der Waals surface area contributed by atoms with E-state index in [0.29, 0.717) is 16.7 Å². The number of hydrogen-bond acceptors (Lipinski definition) is 3. The van der Waals surface area contributed by atoms with Gasteiger partial charge in [0.1, 0.15) is 0 Å². The number of anilines is 2. The number of hydrogen-bond donors (Lipinski definition) is 2. The molecule has 78 valence electrons. The first-order valence-electron chi connectivity index (χ1n) is 4.20. The van der Waals surface area contributed by atoms with E-state index >= 15 is 0 Å². The van der Waals surface area contributed by atoms with Crippen molar-refractivity contribution in [3.8, 4) is 0 Å². The molecule has 3 N–H and O–H groups in total. The molecule has 0 fully saturated rings. The lowest BCUT2D eigenvalue weighted by atomic mass is 10.2. The molecule has 0 aliphatic heterocycles. The van der Waals surface area contributed by atoms with Crippen LogP contribution < -0.4 is 15.9 Å². The van der Waals surface area contributed by atoms with Crippen LogP contribution in [0.4, 0.5) is 11.4 Å². The van der Waals surface area contributed by atoms with E-state index in [1.807, 2.05) is 14.1 Å². The van der Waals surface area contributed by atoms with Gasteiger partial charge in [0.2, 0.25) is 7.37 Å². The second-order valence-corrected chi connectivity index (χ2v) is 5.76. The Balaban J connectivity index is 3.37. The summed E-state index contributed by atoms with van der Waals surface area (Å²) >= 11 is 0. The summed E-state index contributed by atoms with van der Waals surface area (Å²) in [7, 11) is 0.400. The first-order valence-corrected chi connectivity index (χ1v) is 6.30. The fourth-order valence-electron chi connectivity index (χ4n) is 1.25. The molecule has 0 aliphatic rings. The van der Waals surface area contributed by atoms with Crippen LogP contribution in [0.5, 0.6) is 0 Å². The van der Waals surface area contributed by atoms with Crippen LogP contribution in [0, 0.1) is 0 Å². The molecule has 4 nitrogen and oxygen atoms in total. The number of nitrogens with two attached hydrogens (primary N) is 1. The lowest BCUT2D eigenvalue weighted by Crippen LogP contribution is -2.19. The normalized spacial score (nSPS) is 14.9. The largest absolute Gasteiger partial charge is 0.399 e. The second kappa shape index (κ2) is 3.64. The van der Waals surface area contributed by atoms with E-state index in [4.69, 9.17) is 5.73 Å². The minimum absolute atomic E-state index is 0.441. The van der Waals surface area contributed by atoms with E-state index in [0.717, 1.165) is 0 Å². The van der Waals surface area contributed by atoms with Crippen molar-refractivity contribution >= 4 is 24.0 Å². The quantitative estimate of drug-likeness (QED) is 0.566. The van der Waals surface area contributed by atoms with Gasteiger partial charge >= 0.3 is 0 Å². The average Bonchev–Trinajstić information content (AvgIpc) is 2.01. The summed E-state index contributed by atoms with van der Waals surface area (Å²) in [6.45, 7) is 1.32. The fourth-order valence-corrected chi connectivity index (χ4v) is 2.29. The summed E-state index contributed by atoms with van der Waals surface area (Å²) in [4.78, 5) is 11.3. The summed E-state index contributed by atoms with van der Waals surface area (Å²) < 4.78 is 11.5. The highest BCUT2D eigenvalue weighted by atomic mass is 31.2. The van der Waals surface area contributed by atoms with Gasteiger partial charge in [0.05, 0.1) is 11.0 Å². The third-order valence-electron chi connectivity index (χ3n) is 1.93. The molecule has 1 aromatic rings. The molecule has 5 heteroatoms. The molecule has 0 saturated heterocycles. The lowest BCUT2D eigenvalue weighted by Gasteiger charge is -2.19. The van der Waals surface area contributed by atoms with Crippen LogP contribution in [0.2, 0.25) is 0 Å². The summed E-state index contributed by atoms with van der Waals surface area (Å²) in [6, 6.07) is 4.93. The van der Waals surface area contributed by atoms with Crippen molar-refractivity contribution in [3.05, 3.63) is 18.2 Å². The maximum atomic E-state index is 11.5. The topological polar surface area (TPSA) is 66.6 Å². The number of nitrogen functional groups attached to an aromatic ring is 1. The SMILES string of the molecule is CN(C)c1cc(N)ccc1P(C)(=O)O. The maximum absolute atomic E-state index is 11.5. The summed E-state index contributed by atoms with van der Waals surface area (Å²) in [6.07, 6.45) is 0. The number of rotatable bonds is 2. The molecule has 0 bridgehead atoms. The van der Waals surface area contributed by atoms with Crippen molar-refractivity contribution in [1.82, 2.24) is 0 Å². The van der Waals surface area contributed by atoms with Crippen LogP contribution in [0.15, 0.2) is 18.2 Å². The lowest BCUT2D eigenvalue weighted by molar-refractivity contribution is 0.496. The van der Waals surface area contributed by atoms with Gasteiger partial charge in [-0.25, -0.2) is 0 Å². The summed E-state index contributed by atoms with van der Waals surface area (Å²) in [5.41, 5.74) is 6.89. The Hall–Kier alpha value is -0.990. The third-order valence-corrected chi connectivity index (χ3v) is 3.20. The molecule has 14 heavy (non-hydrogen) atoms. The minimum Gasteiger partial charge on any atom is -0.399 e. The standard InChI is InChI=1S/C9H15N2O2P/c1-11(2)8-6-7(10)4-5-9(8)14(3,12)13/h4-6H,10H2,1-3H3,(H,12,13).